The number of hydrogen-bond acceptors (Lipinski definition) is 4. The molecule has 1 saturated heterocycles. The Hall–Kier alpha value is -1.63. The van der Waals surface area contributed by atoms with E-state index in [1.165, 1.54) is 0 Å². The summed E-state index contributed by atoms with van der Waals surface area (Å²) in [5.74, 6) is 0. The zero-order valence-corrected chi connectivity index (χ0v) is 15.1. The van der Waals surface area contributed by atoms with Crippen LogP contribution in [-0.2, 0) is 0 Å². The molecule has 1 aromatic carbocycles. The molecule has 24 heavy (non-hydrogen) atoms. The number of aromatic nitrogens is 1. The van der Waals surface area contributed by atoms with Crippen LogP contribution < -0.4 is 16.0 Å². The first-order valence-corrected chi connectivity index (χ1v) is 9.04. The molecule has 3 N–H and O–H groups in total. The number of pyridine rings is 1. The van der Waals surface area contributed by atoms with Crippen molar-refractivity contribution in [1.82, 2.24) is 20.5 Å². The molecule has 3 rings (SSSR count). The molecule has 0 amide bonds. The predicted molar refractivity (Wildman–Crippen MR) is 105 cm³/mol. The molecular weight excluding hydrogens is 342 g/mol. The highest BCUT2D eigenvalue weighted by molar-refractivity contribution is 7.80. The summed E-state index contributed by atoms with van der Waals surface area (Å²) in [5, 5.41) is 12.8. The van der Waals surface area contributed by atoms with Crippen molar-refractivity contribution in [3.05, 3.63) is 35.5 Å². The number of halogens is 1. The van der Waals surface area contributed by atoms with Gasteiger partial charge in [0.25, 0.3) is 0 Å². The fourth-order valence-electron chi connectivity index (χ4n) is 2.76. The minimum atomic E-state index is 0.706. The Balaban J connectivity index is 1.44. The van der Waals surface area contributed by atoms with Gasteiger partial charge in [-0.3, -0.25) is 4.98 Å². The van der Waals surface area contributed by atoms with Crippen molar-refractivity contribution in [2.75, 3.05) is 44.6 Å². The lowest BCUT2D eigenvalue weighted by Gasteiger charge is -2.29. The second-order valence-corrected chi connectivity index (χ2v) is 6.59. The van der Waals surface area contributed by atoms with Gasteiger partial charge in [-0.25, -0.2) is 0 Å². The van der Waals surface area contributed by atoms with E-state index in [0.29, 0.717) is 5.02 Å². The van der Waals surface area contributed by atoms with Gasteiger partial charge < -0.3 is 20.9 Å². The molecule has 1 aromatic heterocycles. The smallest absolute Gasteiger partial charge is 0.169 e. The first kappa shape index (κ1) is 17.2. The highest BCUT2D eigenvalue weighted by Crippen LogP contribution is 2.24. The Labute approximate surface area is 152 Å². The second kappa shape index (κ2) is 8.46. The van der Waals surface area contributed by atoms with Gasteiger partial charge in [-0.15, -0.1) is 0 Å². The number of nitrogens with zero attached hydrogens (tertiary/aromatic N) is 2. The molecule has 5 nitrogen and oxygen atoms in total. The molecule has 2 aromatic rings. The summed E-state index contributed by atoms with van der Waals surface area (Å²) in [4.78, 5) is 6.58. The minimum Gasteiger partial charge on any atom is -0.384 e. The van der Waals surface area contributed by atoms with Gasteiger partial charge in [-0.05, 0) is 42.9 Å². The third-order valence-electron chi connectivity index (χ3n) is 4.05. The van der Waals surface area contributed by atoms with Gasteiger partial charge in [0.15, 0.2) is 5.11 Å². The van der Waals surface area contributed by atoms with Crippen LogP contribution in [0.5, 0.6) is 0 Å². The Kier molecular flexibility index (Phi) is 6.07. The van der Waals surface area contributed by atoms with Gasteiger partial charge in [0.2, 0.25) is 0 Å². The number of fused-ring (bicyclic) bond motifs is 1. The van der Waals surface area contributed by atoms with Crippen LogP contribution in [0.15, 0.2) is 30.5 Å². The van der Waals surface area contributed by atoms with Gasteiger partial charge in [0.05, 0.1) is 5.52 Å². The van der Waals surface area contributed by atoms with E-state index in [1.54, 1.807) is 6.20 Å². The SMILES string of the molecule is S=C(NCCCNc1ccnc2cc(Cl)ccc12)N1CCNCC1. The normalized spacial score (nSPS) is 14.6. The number of benzene rings is 1. The Morgan fingerprint density at radius 3 is 2.92 bits per heavy atom. The van der Waals surface area contributed by atoms with Gasteiger partial charge >= 0.3 is 0 Å². The molecule has 1 aliphatic rings. The summed E-state index contributed by atoms with van der Waals surface area (Å²) in [6.45, 7) is 5.71. The predicted octanol–water partition coefficient (Wildman–Crippen LogP) is 2.47. The highest BCUT2D eigenvalue weighted by Gasteiger charge is 2.11. The van der Waals surface area contributed by atoms with Crippen LogP contribution in [0.4, 0.5) is 5.69 Å². The second-order valence-electron chi connectivity index (χ2n) is 5.77. The summed E-state index contributed by atoms with van der Waals surface area (Å²) in [7, 11) is 0. The van der Waals surface area contributed by atoms with E-state index >= 15 is 0 Å². The summed E-state index contributed by atoms with van der Waals surface area (Å²) in [6, 6.07) is 7.78. The molecule has 0 saturated carbocycles. The van der Waals surface area contributed by atoms with Crippen molar-refractivity contribution in [3.8, 4) is 0 Å². The molecule has 1 fully saturated rings. The fourth-order valence-corrected chi connectivity index (χ4v) is 3.21. The lowest BCUT2D eigenvalue weighted by Crippen LogP contribution is -2.50. The van der Waals surface area contributed by atoms with Gasteiger partial charge in [-0.1, -0.05) is 11.6 Å². The average Bonchev–Trinajstić information content (AvgIpc) is 2.61. The third kappa shape index (κ3) is 4.47. The molecule has 7 heteroatoms. The van der Waals surface area contributed by atoms with E-state index in [4.69, 9.17) is 23.8 Å². The van der Waals surface area contributed by atoms with Crippen LogP contribution in [0.2, 0.25) is 5.02 Å². The largest absolute Gasteiger partial charge is 0.384 e. The Bertz CT molecular complexity index is 702. The van der Waals surface area contributed by atoms with E-state index in [1.807, 2.05) is 24.3 Å². The topological polar surface area (TPSA) is 52.2 Å². The van der Waals surface area contributed by atoms with Gasteiger partial charge in [0.1, 0.15) is 0 Å². The molecule has 1 aliphatic heterocycles. The number of rotatable bonds is 5. The Morgan fingerprint density at radius 1 is 1.25 bits per heavy atom. The van der Waals surface area contributed by atoms with E-state index < -0.39 is 0 Å². The van der Waals surface area contributed by atoms with Crippen LogP contribution in [0.1, 0.15) is 6.42 Å². The van der Waals surface area contributed by atoms with E-state index in [-0.39, 0.29) is 0 Å². The maximum Gasteiger partial charge on any atom is 0.169 e. The number of anilines is 1. The van der Waals surface area contributed by atoms with Crippen molar-refractivity contribution >= 4 is 45.5 Å². The molecule has 128 valence electrons. The first-order chi connectivity index (χ1) is 11.7. The summed E-state index contributed by atoms with van der Waals surface area (Å²) in [6.07, 6.45) is 2.79. The monoisotopic (exact) mass is 363 g/mol. The quantitative estimate of drug-likeness (QED) is 0.560. The summed E-state index contributed by atoms with van der Waals surface area (Å²) < 4.78 is 0. The molecular formula is C17H22ClN5S. The van der Waals surface area contributed by atoms with Crippen LogP contribution in [0, 0.1) is 0 Å². The number of thiocarbonyl (C=S) groups is 1. The molecule has 0 radical (unpaired) electrons. The number of piperazine rings is 1. The summed E-state index contributed by atoms with van der Waals surface area (Å²) >= 11 is 11.5. The van der Waals surface area contributed by atoms with Crippen molar-refractivity contribution in [3.63, 3.8) is 0 Å². The lowest BCUT2D eigenvalue weighted by atomic mass is 10.2. The number of hydrogen-bond donors (Lipinski definition) is 3. The van der Waals surface area contributed by atoms with Crippen molar-refractivity contribution < 1.29 is 0 Å². The average molecular weight is 364 g/mol. The van der Waals surface area contributed by atoms with Gasteiger partial charge in [0, 0.05) is 61.6 Å². The zero-order chi connectivity index (χ0) is 16.8. The standard InChI is InChI=1S/C17H22ClN5S/c18-13-2-3-14-15(4-7-21-16(14)12-13)20-5-1-6-22-17(24)23-10-8-19-9-11-23/h2-4,7,12,19H,1,5-6,8-11H2,(H,20,21)(H,22,24). The van der Waals surface area contributed by atoms with E-state index in [9.17, 15) is 0 Å². The Morgan fingerprint density at radius 2 is 2.08 bits per heavy atom. The van der Waals surface area contributed by atoms with Crippen LogP contribution >= 0.6 is 23.8 Å². The molecule has 0 unspecified atom stereocenters. The molecule has 2 heterocycles. The molecule has 0 bridgehead atoms. The zero-order valence-electron chi connectivity index (χ0n) is 13.5. The van der Waals surface area contributed by atoms with Crippen molar-refractivity contribution in [2.45, 2.75) is 6.42 Å². The minimum absolute atomic E-state index is 0.706. The van der Waals surface area contributed by atoms with E-state index in [0.717, 1.165) is 67.4 Å². The maximum atomic E-state index is 6.02. The molecule has 0 spiro atoms. The molecule has 0 atom stereocenters. The van der Waals surface area contributed by atoms with Gasteiger partial charge in [-0.2, -0.15) is 0 Å². The van der Waals surface area contributed by atoms with Crippen LogP contribution in [0.3, 0.4) is 0 Å². The lowest BCUT2D eigenvalue weighted by molar-refractivity contribution is 0.353. The highest BCUT2D eigenvalue weighted by atomic mass is 35.5. The maximum absolute atomic E-state index is 6.02. The summed E-state index contributed by atoms with van der Waals surface area (Å²) in [5.41, 5.74) is 1.99. The molecule has 0 aliphatic carbocycles. The first-order valence-electron chi connectivity index (χ1n) is 8.26. The third-order valence-corrected chi connectivity index (χ3v) is 4.69. The van der Waals surface area contributed by atoms with E-state index in [2.05, 4.69) is 25.8 Å². The van der Waals surface area contributed by atoms with Crippen molar-refractivity contribution in [1.29, 1.82) is 0 Å². The van der Waals surface area contributed by atoms with Crippen LogP contribution in [-0.4, -0.2) is 54.3 Å². The van der Waals surface area contributed by atoms with Crippen molar-refractivity contribution in [2.24, 2.45) is 0 Å². The fraction of sp³-hybridized carbons (Fsp3) is 0.412. The van der Waals surface area contributed by atoms with Crippen LogP contribution in [0.25, 0.3) is 10.9 Å². The number of nitrogens with one attached hydrogen (secondary N) is 3.